The second-order valence-electron chi connectivity index (χ2n) is 5.27. The van der Waals surface area contributed by atoms with Crippen LogP contribution in [0.1, 0.15) is 0 Å². The third-order valence-electron chi connectivity index (χ3n) is 3.98. The molecule has 8 nitrogen and oxygen atoms in total. The third kappa shape index (κ3) is 3.79. The maximum Gasteiger partial charge on any atom is 0.203 e. The Balaban J connectivity index is 2.65. The maximum absolute atomic E-state index is 7.92. The van der Waals surface area contributed by atoms with E-state index in [2.05, 4.69) is 0 Å². The Labute approximate surface area is 158 Å². The summed E-state index contributed by atoms with van der Waals surface area (Å²) in [5.74, 6) is 2.85. The van der Waals surface area contributed by atoms with E-state index in [9.17, 15) is 0 Å². The lowest BCUT2D eigenvalue weighted by atomic mass is 10.2. The zero-order chi connectivity index (χ0) is 20.0. The molecule has 146 valence electrons. The molecular formula is C19H24N2O6. The molecular weight excluding hydrogens is 352 g/mol. The van der Waals surface area contributed by atoms with Gasteiger partial charge in [0.1, 0.15) is 0 Å². The van der Waals surface area contributed by atoms with E-state index in [4.69, 9.17) is 33.8 Å². The number of rotatable bonds is 9. The van der Waals surface area contributed by atoms with Crippen LogP contribution in [0.2, 0.25) is 0 Å². The molecule has 0 saturated heterocycles. The van der Waals surface area contributed by atoms with E-state index in [0.29, 0.717) is 45.9 Å². The summed E-state index contributed by atoms with van der Waals surface area (Å²) in [6.07, 6.45) is 1.17. The van der Waals surface area contributed by atoms with Crippen molar-refractivity contribution in [2.24, 2.45) is 0 Å². The lowest BCUT2D eigenvalue weighted by Gasteiger charge is -2.24. The average molecular weight is 376 g/mol. The zero-order valence-corrected chi connectivity index (χ0v) is 16.3. The summed E-state index contributed by atoms with van der Waals surface area (Å²) in [6, 6.07) is 6.98. The van der Waals surface area contributed by atoms with E-state index in [0.717, 1.165) is 0 Å². The van der Waals surface area contributed by atoms with Gasteiger partial charge in [0.2, 0.25) is 11.5 Å². The molecule has 0 radical (unpaired) electrons. The summed E-state index contributed by atoms with van der Waals surface area (Å²) in [5, 5.41) is 7.92. The van der Waals surface area contributed by atoms with Gasteiger partial charge >= 0.3 is 0 Å². The first-order valence-corrected chi connectivity index (χ1v) is 7.98. The van der Waals surface area contributed by atoms with Gasteiger partial charge in [-0.25, -0.2) is 0 Å². The summed E-state index contributed by atoms with van der Waals surface area (Å²) < 4.78 is 32.3. The highest BCUT2D eigenvalue weighted by Gasteiger charge is 2.20. The normalized spacial score (nSPS) is 10.0. The van der Waals surface area contributed by atoms with Crippen LogP contribution in [-0.2, 0) is 0 Å². The second kappa shape index (κ2) is 8.88. The highest BCUT2D eigenvalue weighted by Crippen LogP contribution is 2.45. The van der Waals surface area contributed by atoms with E-state index in [-0.39, 0.29) is 0 Å². The van der Waals surface area contributed by atoms with Crippen molar-refractivity contribution in [2.45, 2.75) is 0 Å². The predicted octanol–water partition coefficient (Wildman–Crippen LogP) is 3.48. The Morgan fingerprint density at radius 1 is 0.593 bits per heavy atom. The maximum atomic E-state index is 7.92. The lowest BCUT2D eigenvalue weighted by Crippen LogP contribution is -2.14. The topological polar surface area (TPSA) is 82.5 Å². The van der Waals surface area contributed by atoms with Crippen molar-refractivity contribution >= 4 is 17.7 Å². The molecule has 0 aromatic heterocycles. The molecule has 2 aromatic carbocycles. The quantitative estimate of drug-likeness (QED) is 0.530. The molecule has 2 rings (SSSR count). The van der Waals surface area contributed by atoms with Gasteiger partial charge in [-0.3, -0.25) is 5.41 Å². The van der Waals surface area contributed by atoms with Crippen LogP contribution in [0.5, 0.6) is 34.5 Å². The standard InChI is InChI=1S/C19H24N2O6/c1-22-14-7-12(8-15(23-2)18(14)26-5)21(11-20)13-9-16(24-3)19(27-6)17(10-13)25-4/h7-11,20H,1-6H3. The van der Waals surface area contributed by atoms with Gasteiger partial charge in [-0.15, -0.1) is 0 Å². The van der Waals surface area contributed by atoms with Crippen LogP contribution in [0.4, 0.5) is 11.4 Å². The largest absolute Gasteiger partial charge is 0.493 e. The minimum absolute atomic E-state index is 0.471. The van der Waals surface area contributed by atoms with Crippen LogP contribution >= 0.6 is 0 Å². The van der Waals surface area contributed by atoms with Gasteiger partial charge in [0.05, 0.1) is 60.4 Å². The van der Waals surface area contributed by atoms with Gasteiger partial charge in [0.25, 0.3) is 0 Å². The number of hydrogen-bond donors (Lipinski definition) is 1. The lowest BCUT2D eigenvalue weighted by molar-refractivity contribution is 0.324. The Morgan fingerprint density at radius 3 is 1.07 bits per heavy atom. The van der Waals surface area contributed by atoms with Crippen molar-refractivity contribution in [3.05, 3.63) is 24.3 Å². The van der Waals surface area contributed by atoms with E-state index < -0.39 is 0 Å². The molecule has 0 heterocycles. The van der Waals surface area contributed by atoms with Gasteiger partial charge in [0.15, 0.2) is 23.0 Å². The fourth-order valence-electron chi connectivity index (χ4n) is 2.71. The van der Waals surface area contributed by atoms with Crippen LogP contribution in [0.3, 0.4) is 0 Å². The summed E-state index contributed by atoms with van der Waals surface area (Å²) in [6.45, 7) is 0. The monoisotopic (exact) mass is 376 g/mol. The number of methoxy groups -OCH3 is 6. The first-order chi connectivity index (χ1) is 13.1. The molecule has 0 fully saturated rings. The molecule has 0 bridgehead atoms. The minimum Gasteiger partial charge on any atom is -0.493 e. The van der Waals surface area contributed by atoms with E-state index >= 15 is 0 Å². The number of nitrogens with one attached hydrogen (secondary N) is 1. The fraction of sp³-hybridized carbons (Fsp3) is 0.316. The molecule has 0 amide bonds. The van der Waals surface area contributed by atoms with Crippen LogP contribution in [0.25, 0.3) is 0 Å². The van der Waals surface area contributed by atoms with Crippen molar-refractivity contribution in [1.82, 2.24) is 0 Å². The molecule has 1 N–H and O–H groups in total. The highest BCUT2D eigenvalue weighted by molar-refractivity contribution is 5.90. The van der Waals surface area contributed by atoms with E-state index in [1.54, 1.807) is 29.2 Å². The summed E-state index contributed by atoms with van der Waals surface area (Å²) in [4.78, 5) is 1.62. The summed E-state index contributed by atoms with van der Waals surface area (Å²) in [7, 11) is 9.22. The molecule has 0 aliphatic carbocycles. The van der Waals surface area contributed by atoms with Gasteiger partial charge < -0.3 is 33.3 Å². The van der Waals surface area contributed by atoms with Crippen LogP contribution in [-0.4, -0.2) is 49.0 Å². The number of anilines is 2. The molecule has 8 heteroatoms. The number of nitrogens with zero attached hydrogens (tertiary/aromatic N) is 1. The van der Waals surface area contributed by atoms with E-state index in [1.165, 1.54) is 49.0 Å². The Kier molecular flexibility index (Phi) is 6.59. The molecule has 0 saturated carbocycles. The molecule has 27 heavy (non-hydrogen) atoms. The minimum atomic E-state index is 0.471. The fourth-order valence-corrected chi connectivity index (χ4v) is 2.71. The van der Waals surface area contributed by atoms with Crippen LogP contribution in [0, 0.1) is 5.41 Å². The van der Waals surface area contributed by atoms with Crippen molar-refractivity contribution in [3.8, 4) is 34.5 Å². The zero-order valence-electron chi connectivity index (χ0n) is 16.3. The molecule has 2 aromatic rings. The van der Waals surface area contributed by atoms with Crippen molar-refractivity contribution in [3.63, 3.8) is 0 Å². The molecule has 0 unspecified atom stereocenters. The van der Waals surface area contributed by atoms with Gasteiger partial charge in [-0.2, -0.15) is 0 Å². The van der Waals surface area contributed by atoms with Gasteiger partial charge in [0, 0.05) is 24.3 Å². The highest BCUT2D eigenvalue weighted by atomic mass is 16.5. The number of hydrogen-bond acceptors (Lipinski definition) is 7. The van der Waals surface area contributed by atoms with Crippen molar-refractivity contribution < 1.29 is 28.4 Å². The average Bonchev–Trinajstić information content (AvgIpc) is 2.72. The van der Waals surface area contributed by atoms with Crippen molar-refractivity contribution in [2.75, 3.05) is 47.6 Å². The molecule has 0 aliphatic rings. The molecule has 0 spiro atoms. The Hall–Kier alpha value is -3.29. The predicted molar refractivity (Wildman–Crippen MR) is 103 cm³/mol. The third-order valence-corrected chi connectivity index (χ3v) is 3.98. The molecule has 0 atom stereocenters. The Morgan fingerprint density at radius 2 is 0.889 bits per heavy atom. The first-order valence-electron chi connectivity index (χ1n) is 7.98. The summed E-state index contributed by atoms with van der Waals surface area (Å²) in [5.41, 5.74) is 1.27. The van der Waals surface area contributed by atoms with Crippen LogP contribution < -0.4 is 33.3 Å². The second-order valence-corrected chi connectivity index (χ2v) is 5.27. The van der Waals surface area contributed by atoms with Gasteiger partial charge in [-0.1, -0.05) is 0 Å². The van der Waals surface area contributed by atoms with E-state index in [1.807, 2.05) is 0 Å². The number of benzene rings is 2. The summed E-state index contributed by atoms with van der Waals surface area (Å²) >= 11 is 0. The SMILES string of the molecule is COc1cc(N(C=N)c2cc(OC)c(OC)c(OC)c2)cc(OC)c1OC. The number of ether oxygens (including phenoxy) is 6. The van der Waals surface area contributed by atoms with Crippen LogP contribution in [0.15, 0.2) is 24.3 Å². The first kappa shape index (κ1) is 20.0. The Bertz CT molecular complexity index is 695. The molecule has 0 aliphatic heterocycles. The van der Waals surface area contributed by atoms with Crippen molar-refractivity contribution in [1.29, 1.82) is 5.41 Å². The smallest absolute Gasteiger partial charge is 0.203 e. The van der Waals surface area contributed by atoms with Gasteiger partial charge in [-0.05, 0) is 0 Å².